The monoisotopic (exact) mass is 559 g/mol. The van der Waals surface area contributed by atoms with Crippen LogP contribution in [-0.2, 0) is 9.59 Å². The number of H-pyrrole nitrogens is 1. The molecule has 5 rings (SSSR count). The number of para-hydroxylation sites is 1. The number of nitrogens with one attached hydrogen (secondary N) is 4. The lowest BCUT2D eigenvalue weighted by Crippen LogP contribution is -2.52. The fraction of sp³-hybridized carbons (Fsp3) is 0.367. The molecule has 208 valence electrons. The average Bonchev–Trinajstić information content (AvgIpc) is 3.66. The second-order valence-corrected chi connectivity index (χ2v) is 11.8. The van der Waals surface area contributed by atoms with Crippen LogP contribution in [0.5, 0.6) is 0 Å². The van der Waals surface area contributed by atoms with Crippen molar-refractivity contribution in [1.29, 1.82) is 0 Å². The van der Waals surface area contributed by atoms with Gasteiger partial charge in [0, 0.05) is 23.4 Å². The number of ketones is 1. The molecule has 1 fully saturated rings. The number of aromatic amines is 1. The van der Waals surface area contributed by atoms with E-state index in [4.69, 9.17) is 0 Å². The highest BCUT2D eigenvalue weighted by Crippen LogP contribution is 2.25. The summed E-state index contributed by atoms with van der Waals surface area (Å²) in [4.78, 5) is 60.5. The Balaban J connectivity index is 1.38. The van der Waals surface area contributed by atoms with E-state index in [9.17, 15) is 19.2 Å². The van der Waals surface area contributed by atoms with Crippen molar-refractivity contribution in [3.63, 3.8) is 0 Å². The fourth-order valence-corrected chi connectivity index (χ4v) is 6.11. The molecule has 3 amide bonds. The van der Waals surface area contributed by atoms with Gasteiger partial charge >= 0.3 is 0 Å². The molecular weight excluding hydrogens is 526 g/mol. The van der Waals surface area contributed by atoms with Gasteiger partial charge in [-0.1, -0.05) is 38.1 Å². The summed E-state index contributed by atoms with van der Waals surface area (Å²) in [5.74, 6) is -1.63. The molecule has 0 saturated carbocycles. The summed E-state index contributed by atoms with van der Waals surface area (Å²) in [6.07, 6.45) is 1.13. The standard InChI is InChI=1S/C30H33N5O4S/c1-16(2)13-23(34-29(39)24-15-19-17(3)7-6-9-20(19)32-24)28(38)33-22(14-18-11-12-31-27(18)37)26(36)30-35-21-8-4-5-10-25(21)40-30/h4-10,15-16,18,22-23,32H,11-14H2,1-3H3,(H,31,37)(H,33,38)(H,34,39)/t18?,22-,23-/m0/s1. The lowest BCUT2D eigenvalue weighted by atomic mass is 9.95. The van der Waals surface area contributed by atoms with E-state index < -0.39 is 29.8 Å². The molecule has 3 atom stereocenters. The molecule has 2 aromatic carbocycles. The van der Waals surface area contributed by atoms with Crippen molar-refractivity contribution >= 4 is 56.0 Å². The maximum absolute atomic E-state index is 13.7. The second-order valence-electron chi connectivity index (χ2n) is 10.8. The van der Waals surface area contributed by atoms with E-state index >= 15 is 0 Å². The van der Waals surface area contributed by atoms with E-state index in [-0.39, 0.29) is 29.0 Å². The zero-order valence-electron chi connectivity index (χ0n) is 22.7. The Morgan fingerprint density at radius 1 is 1.07 bits per heavy atom. The smallest absolute Gasteiger partial charge is 0.268 e. The molecule has 2 aromatic heterocycles. The van der Waals surface area contributed by atoms with Gasteiger partial charge in [-0.15, -0.1) is 11.3 Å². The zero-order valence-corrected chi connectivity index (χ0v) is 23.6. The Labute approximate surface area is 236 Å². The first-order valence-electron chi connectivity index (χ1n) is 13.6. The van der Waals surface area contributed by atoms with Gasteiger partial charge in [-0.2, -0.15) is 0 Å². The number of carbonyl (C=O) groups is 4. The first kappa shape index (κ1) is 27.5. The van der Waals surface area contributed by atoms with Crippen LogP contribution in [0.4, 0.5) is 0 Å². The molecule has 4 N–H and O–H groups in total. The van der Waals surface area contributed by atoms with E-state index in [1.54, 1.807) is 6.07 Å². The van der Waals surface area contributed by atoms with Gasteiger partial charge < -0.3 is 20.9 Å². The molecule has 4 aromatic rings. The van der Waals surface area contributed by atoms with Gasteiger partial charge in [0.05, 0.1) is 16.3 Å². The summed E-state index contributed by atoms with van der Waals surface area (Å²) in [6.45, 7) is 6.44. The number of hydrogen-bond acceptors (Lipinski definition) is 6. The Kier molecular flexibility index (Phi) is 7.97. The number of carbonyl (C=O) groups excluding carboxylic acids is 4. The summed E-state index contributed by atoms with van der Waals surface area (Å²) in [5, 5.41) is 9.76. The molecule has 9 nitrogen and oxygen atoms in total. The van der Waals surface area contributed by atoms with Gasteiger partial charge in [-0.3, -0.25) is 19.2 Å². The van der Waals surface area contributed by atoms with Crippen molar-refractivity contribution in [1.82, 2.24) is 25.9 Å². The van der Waals surface area contributed by atoms with Crippen LogP contribution in [0.3, 0.4) is 0 Å². The number of aromatic nitrogens is 2. The third kappa shape index (κ3) is 5.91. The Bertz CT molecular complexity index is 1560. The van der Waals surface area contributed by atoms with E-state index in [1.165, 1.54) is 11.3 Å². The van der Waals surface area contributed by atoms with Crippen LogP contribution >= 0.6 is 11.3 Å². The van der Waals surface area contributed by atoms with Crippen LogP contribution in [0.2, 0.25) is 0 Å². The molecular formula is C30H33N5O4S. The number of nitrogens with zero attached hydrogens (tertiary/aromatic N) is 1. The van der Waals surface area contributed by atoms with Crippen LogP contribution in [0.1, 0.15) is 59.0 Å². The third-order valence-electron chi connectivity index (χ3n) is 7.28. The second kappa shape index (κ2) is 11.6. The van der Waals surface area contributed by atoms with Gasteiger partial charge in [0.15, 0.2) is 5.01 Å². The quantitative estimate of drug-likeness (QED) is 0.217. The minimum Gasteiger partial charge on any atom is -0.356 e. The number of fused-ring (bicyclic) bond motifs is 2. The molecule has 1 aliphatic rings. The van der Waals surface area contributed by atoms with E-state index in [0.29, 0.717) is 30.6 Å². The molecule has 1 unspecified atom stereocenters. The first-order chi connectivity index (χ1) is 19.2. The number of hydrogen-bond donors (Lipinski definition) is 4. The normalized spacial score (nSPS) is 16.7. The third-order valence-corrected chi connectivity index (χ3v) is 8.33. The summed E-state index contributed by atoms with van der Waals surface area (Å²) in [5.41, 5.74) is 2.94. The first-order valence-corrected chi connectivity index (χ1v) is 14.4. The van der Waals surface area contributed by atoms with Crippen molar-refractivity contribution < 1.29 is 19.2 Å². The highest BCUT2D eigenvalue weighted by atomic mass is 32.1. The number of aryl methyl sites for hydroxylation is 1. The average molecular weight is 560 g/mol. The van der Waals surface area contributed by atoms with Crippen LogP contribution in [0.15, 0.2) is 48.5 Å². The molecule has 0 bridgehead atoms. The molecule has 40 heavy (non-hydrogen) atoms. The minimum absolute atomic E-state index is 0.0973. The number of amides is 3. The van der Waals surface area contributed by atoms with Gasteiger partial charge in [0.2, 0.25) is 17.6 Å². The molecule has 3 heterocycles. The molecule has 1 saturated heterocycles. The van der Waals surface area contributed by atoms with Crippen molar-refractivity contribution in [2.45, 2.75) is 52.1 Å². The number of rotatable bonds is 10. The maximum Gasteiger partial charge on any atom is 0.268 e. The van der Waals surface area contributed by atoms with Gasteiger partial charge in [-0.25, -0.2) is 4.98 Å². The zero-order chi connectivity index (χ0) is 28.4. The molecule has 10 heteroatoms. The van der Waals surface area contributed by atoms with E-state index in [1.807, 2.05) is 63.2 Å². The van der Waals surface area contributed by atoms with Crippen LogP contribution in [0.25, 0.3) is 21.1 Å². The summed E-state index contributed by atoms with van der Waals surface area (Å²) in [7, 11) is 0. The Morgan fingerprint density at radius 3 is 2.58 bits per heavy atom. The molecule has 0 aliphatic carbocycles. The molecule has 1 aliphatic heterocycles. The minimum atomic E-state index is -0.954. The van der Waals surface area contributed by atoms with Crippen molar-refractivity contribution in [2.75, 3.05) is 6.54 Å². The van der Waals surface area contributed by atoms with E-state index in [2.05, 4.69) is 25.9 Å². The van der Waals surface area contributed by atoms with Gasteiger partial charge in [0.25, 0.3) is 5.91 Å². The number of Topliss-reactive ketones (excluding diaryl/α,β-unsaturated/α-hetero) is 1. The Morgan fingerprint density at radius 2 is 1.88 bits per heavy atom. The van der Waals surface area contributed by atoms with Gasteiger partial charge in [-0.05, 0) is 61.9 Å². The van der Waals surface area contributed by atoms with Crippen molar-refractivity contribution in [3.05, 3.63) is 64.8 Å². The van der Waals surface area contributed by atoms with Crippen LogP contribution in [-0.4, -0.2) is 52.1 Å². The number of benzene rings is 2. The predicted molar refractivity (Wildman–Crippen MR) is 155 cm³/mol. The largest absolute Gasteiger partial charge is 0.356 e. The summed E-state index contributed by atoms with van der Waals surface area (Å²) >= 11 is 1.26. The highest BCUT2D eigenvalue weighted by molar-refractivity contribution is 7.20. The van der Waals surface area contributed by atoms with Crippen LogP contribution in [0, 0.1) is 18.8 Å². The van der Waals surface area contributed by atoms with Crippen LogP contribution < -0.4 is 16.0 Å². The predicted octanol–water partition coefficient (Wildman–Crippen LogP) is 4.12. The van der Waals surface area contributed by atoms with Gasteiger partial charge in [0.1, 0.15) is 11.7 Å². The lowest BCUT2D eigenvalue weighted by Gasteiger charge is -2.24. The van der Waals surface area contributed by atoms with Crippen molar-refractivity contribution in [3.8, 4) is 0 Å². The van der Waals surface area contributed by atoms with E-state index in [0.717, 1.165) is 21.2 Å². The SMILES string of the molecule is Cc1cccc2[nH]c(C(=O)N[C@@H](CC(C)C)C(=O)N[C@@H](CC3CCNC3=O)C(=O)c3nc4ccccc4s3)cc12. The van der Waals surface area contributed by atoms with Crippen molar-refractivity contribution in [2.24, 2.45) is 11.8 Å². The maximum atomic E-state index is 13.7. The number of thiazole rings is 1. The molecule has 0 radical (unpaired) electrons. The Hall–Kier alpha value is -4.05. The summed E-state index contributed by atoms with van der Waals surface area (Å²) in [6, 6.07) is 13.2. The molecule has 0 spiro atoms. The summed E-state index contributed by atoms with van der Waals surface area (Å²) < 4.78 is 0.869. The topological polar surface area (TPSA) is 133 Å². The fourth-order valence-electron chi connectivity index (χ4n) is 5.15. The highest BCUT2D eigenvalue weighted by Gasteiger charge is 2.35. The lowest BCUT2D eigenvalue weighted by molar-refractivity contribution is -0.125.